The predicted octanol–water partition coefficient (Wildman–Crippen LogP) is 2.99. The van der Waals surface area contributed by atoms with E-state index in [0.29, 0.717) is 42.1 Å². The molecule has 1 heterocycles. The van der Waals surface area contributed by atoms with E-state index in [0.717, 1.165) is 24.0 Å². The SMILES string of the molecule is CN=C(NCc1ccc(S(=O)(=O)N2CCCC2)cc1)NCc1ccccc1Cl. The van der Waals surface area contributed by atoms with Crippen LogP contribution in [0.2, 0.25) is 5.02 Å². The Morgan fingerprint density at radius 1 is 1.04 bits per heavy atom. The molecule has 1 saturated heterocycles. The minimum Gasteiger partial charge on any atom is -0.352 e. The number of aliphatic imine (C=N–C) groups is 1. The summed E-state index contributed by atoms with van der Waals surface area (Å²) in [6.07, 6.45) is 1.86. The van der Waals surface area contributed by atoms with Crippen molar-refractivity contribution in [2.75, 3.05) is 20.1 Å². The van der Waals surface area contributed by atoms with Crippen LogP contribution in [0.5, 0.6) is 0 Å². The van der Waals surface area contributed by atoms with Gasteiger partial charge in [-0.15, -0.1) is 0 Å². The molecular weight excluding hydrogens is 396 g/mol. The van der Waals surface area contributed by atoms with Gasteiger partial charge in [-0.1, -0.05) is 41.9 Å². The normalized spacial score (nSPS) is 15.6. The van der Waals surface area contributed by atoms with Crippen LogP contribution in [0.4, 0.5) is 0 Å². The van der Waals surface area contributed by atoms with Gasteiger partial charge in [0.15, 0.2) is 5.96 Å². The highest BCUT2D eigenvalue weighted by Gasteiger charge is 2.26. The molecule has 28 heavy (non-hydrogen) atoms. The summed E-state index contributed by atoms with van der Waals surface area (Å²) in [7, 11) is -1.67. The van der Waals surface area contributed by atoms with Crippen molar-refractivity contribution >= 4 is 27.6 Å². The van der Waals surface area contributed by atoms with Gasteiger partial charge < -0.3 is 10.6 Å². The number of benzene rings is 2. The molecule has 2 N–H and O–H groups in total. The van der Waals surface area contributed by atoms with E-state index in [1.165, 1.54) is 0 Å². The van der Waals surface area contributed by atoms with Crippen molar-refractivity contribution in [1.29, 1.82) is 0 Å². The fourth-order valence-corrected chi connectivity index (χ4v) is 4.80. The second-order valence-corrected chi connectivity index (χ2v) is 8.97. The van der Waals surface area contributed by atoms with Crippen molar-refractivity contribution < 1.29 is 8.42 Å². The number of sulfonamides is 1. The van der Waals surface area contributed by atoms with Gasteiger partial charge >= 0.3 is 0 Å². The van der Waals surface area contributed by atoms with E-state index in [-0.39, 0.29) is 0 Å². The molecule has 3 rings (SSSR count). The summed E-state index contributed by atoms with van der Waals surface area (Å²) in [5, 5.41) is 7.15. The lowest BCUT2D eigenvalue weighted by Crippen LogP contribution is -2.36. The molecule has 0 saturated carbocycles. The fraction of sp³-hybridized carbons (Fsp3) is 0.350. The highest BCUT2D eigenvalue weighted by Crippen LogP contribution is 2.21. The van der Waals surface area contributed by atoms with E-state index in [4.69, 9.17) is 11.6 Å². The van der Waals surface area contributed by atoms with E-state index in [1.807, 2.05) is 36.4 Å². The molecule has 0 atom stereocenters. The molecule has 0 unspecified atom stereocenters. The van der Waals surface area contributed by atoms with Crippen LogP contribution < -0.4 is 10.6 Å². The molecule has 8 heteroatoms. The third-order valence-electron chi connectivity index (χ3n) is 4.71. The highest BCUT2D eigenvalue weighted by atomic mass is 35.5. The van der Waals surface area contributed by atoms with Gasteiger partial charge in [0.05, 0.1) is 4.90 Å². The van der Waals surface area contributed by atoms with Crippen molar-refractivity contribution in [3.8, 4) is 0 Å². The lowest BCUT2D eigenvalue weighted by Gasteiger charge is -2.16. The first-order valence-electron chi connectivity index (χ1n) is 9.28. The zero-order valence-electron chi connectivity index (χ0n) is 15.9. The van der Waals surface area contributed by atoms with Crippen LogP contribution in [-0.2, 0) is 23.1 Å². The molecule has 1 aliphatic rings. The first-order valence-corrected chi connectivity index (χ1v) is 11.1. The molecule has 0 aliphatic carbocycles. The Morgan fingerprint density at radius 2 is 1.68 bits per heavy atom. The summed E-state index contributed by atoms with van der Waals surface area (Å²) in [5.41, 5.74) is 1.96. The molecule has 150 valence electrons. The molecule has 0 amide bonds. The number of guanidine groups is 1. The predicted molar refractivity (Wildman–Crippen MR) is 113 cm³/mol. The Hall–Kier alpha value is -2.09. The minimum atomic E-state index is -3.37. The van der Waals surface area contributed by atoms with Crippen molar-refractivity contribution in [1.82, 2.24) is 14.9 Å². The minimum absolute atomic E-state index is 0.347. The van der Waals surface area contributed by atoms with E-state index in [9.17, 15) is 8.42 Å². The third-order valence-corrected chi connectivity index (χ3v) is 7.00. The van der Waals surface area contributed by atoms with E-state index >= 15 is 0 Å². The molecule has 1 fully saturated rings. The number of hydrogen-bond acceptors (Lipinski definition) is 3. The van der Waals surface area contributed by atoms with Gasteiger partial charge in [-0.3, -0.25) is 4.99 Å². The Bertz CT molecular complexity index is 923. The molecular formula is C20H25ClN4O2S. The first-order chi connectivity index (χ1) is 13.5. The molecule has 0 spiro atoms. The number of hydrogen-bond donors (Lipinski definition) is 2. The lowest BCUT2D eigenvalue weighted by molar-refractivity contribution is 0.477. The molecule has 2 aromatic carbocycles. The van der Waals surface area contributed by atoms with Gasteiger partial charge in [0.25, 0.3) is 0 Å². The maximum atomic E-state index is 12.6. The monoisotopic (exact) mass is 420 g/mol. The Morgan fingerprint density at radius 3 is 2.32 bits per heavy atom. The molecule has 0 bridgehead atoms. The first kappa shape index (κ1) is 20.6. The van der Waals surface area contributed by atoms with Crippen LogP contribution in [0.25, 0.3) is 0 Å². The van der Waals surface area contributed by atoms with Gasteiger partial charge in [-0.25, -0.2) is 8.42 Å². The van der Waals surface area contributed by atoms with Crippen LogP contribution in [0.1, 0.15) is 24.0 Å². The van der Waals surface area contributed by atoms with Gasteiger partial charge in [-0.2, -0.15) is 4.31 Å². The summed E-state index contributed by atoms with van der Waals surface area (Å²) in [4.78, 5) is 4.55. The quantitative estimate of drug-likeness (QED) is 0.556. The zero-order valence-corrected chi connectivity index (χ0v) is 17.4. The second-order valence-electron chi connectivity index (χ2n) is 6.63. The van der Waals surface area contributed by atoms with Gasteiger partial charge in [-0.05, 0) is 42.2 Å². The number of rotatable bonds is 6. The average Bonchev–Trinajstić information content (AvgIpc) is 3.25. The molecule has 2 aromatic rings. The Balaban J connectivity index is 1.55. The number of nitrogens with zero attached hydrogens (tertiary/aromatic N) is 2. The smallest absolute Gasteiger partial charge is 0.243 e. The van der Waals surface area contributed by atoms with Gasteiger partial charge in [0, 0.05) is 38.2 Å². The molecule has 0 aromatic heterocycles. The highest BCUT2D eigenvalue weighted by molar-refractivity contribution is 7.89. The maximum Gasteiger partial charge on any atom is 0.243 e. The fourth-order valence-electron chi connectivity index (χ4n) is 3.08. The number of nitrogens with one attached hydrogen (secondary N) is 2. The largest absolute Gasteiger partial charge is 0.352 e. The van der Waals surface area contributed by atoms with E-state index < -0.39 is 10.0 Å². The van der Waals surface area contributed by atoms with Gasteiger partial charge in [0.2, 0.25) is 10.0 Å². The summed E-state index contributed by atoms with van der Waals surface area (Å²) >= 11 is 6.17. The molecule has 6 nitrogen and oxygen atoms in total. The van der Waals surface area contributed by atoms with Crippen LogP contribution in [0.3, 0.4) is 0 Å². The number of halogens is 1. The average molecular weight is 421 g/mol. The van der Waals surface area contributed by atoms with Crippen LogP contribution in [0.15, 0.2) is 58.4 Å². The second kappa shape index (κ2) is 9.41. The summed E-state index contributed by atoms with van der Waals surface area (Å²) in [6, 6.07) is 14.7. The summed E-state index contributed by atoms with van der Waals surface area (Å²) in [6.45, 7) is 2.32. The van der Waals surface area contributed by atoms with E-state index in [1.54, 1.807) is 23.5 Å². The Kier molecular flexibility index (Phi) is 6.93. The molecule has 1 aliphatic heterocycles. The molecule has 0 radical (unpaired) electrons. The van der Waals surface area contributed by atoms with Crippen molar-refractivity contribution in [2.45, 2.75) is 30.8 Å². The lowest BCUT2D eigenvalue weighted by atomic mass is 10.2. The van der Waals surface area contributed by atoms with Crippen LogP contribution >= 0.6 is 11.6 Å². The zero-order chi connectivity index (χ0) is 20.0. The van der Waals surface area contributed by atoms with Crippen molar-refractivity contribution in [2.24, 2.45) is 4.99 Å². The van der Waals surface area contributed by atoms with Crippen LogP contribution in [-0.4, -0.2) is 38.8 Å². The standard InChI is InChI=1S/C20H25ClN4O2S/c1-22-20(24-15-17-6-2-3-7-19(17)21)23-14-16-8-10-18(11-9-16)28(26,27)25-12-4-5-13-25/h2-3,6-11H,4-5,12-15H2,1H3,(H2,22,23,24). The topological polar surface area (TPSA) is 73.8 Å². The summed E-state index contributed by atoms with van der Waals surface area (Å²) in [5.74, 6) is 0.647. The van der Waals surface area contributed by atoms with Crippen molar-refractivity contribution in [3.05, 3.63) is 64.7 Å². The van der Waals surface area contributed by atoms with E-state index in [2.05, 4.69) is 15.6 Å². The van der Waals surface area contributed by atoms with Crippen molar-refractivity contribution in [3.63, 3.8) is 0 Å². The van der Waals surface area contributed by atoms with Crippen LogP contribution in [0, 0.1) is 0 Å². The van der Waals surface area contributed by atoms with Gasteiger partial charge in [0.1, 0.15) is 0 Å². The third kappa shape index (κ3) is 5.04. The summed E-state index contributed by atoms with van der Waals surface area (Å²) < 4.78 is 26.7. The Labute approximate surface area is 171 Å². The maximum absolute atomic E-state index is 12.6.